The maximum absolute atomic E-state index is 4.51. The van der Waals surface area contributed by atoms with E-state index in [9.17, 15) is 0 Å². The zero-order chi connectivity index (χ0) is 9.97. The van der Waals surface area contributed by atoms with Crippen molar-refractivity contribution in [1.82, 2.24) is 15.3 Å². The SMILES string of the molecule is CN(C)c1ccnc(C2CCCN2)n1.Cl. The van der Waals surface area contributed by atoms with Gasteiger partial charge in [-0.3, -0.25) is 0 Å². The van der Waals surface area contributed by atoms with Crippen molar-refractivity contribution in [3.63, 3.8) is 0 Å². The van der Waals surface area contributed by atoms with Crippen LogP contribution in [0.15, 0.2) is 12.3 Å². The summed E-state index contributed by atoms with van der Waals surface area (Å²) in [5.41, 5.74) is 0. The lowest BCUT2D eigenvalue weighted by Crippen LogP contribution is -2.18. The smallest absolute Gasteiger partial charge is 0.147 e. The maximum Gasteiger partial charge on any atom is 0.147 e. The van der Waals surface area contributed by atoms with Crippen LogP contribution in [0.25, 0.3) is 0 Å². The Morgan fingerprint density at radius 3 is 2.87 bits per heavy atom. The lowest BCUT2D eigenvalue weighted by Gasteiger charge is -2.14. The quantitative estimate of drug-likeness (QED) is 0.831. The third kappa shape index (κ3) is 2.79. The molecule has 1 atom stereocenters. The summed E-state index contributed by atoms with van der Waals surface area (Å²) in [6, 6.07) is 2.29. The highest BCUT2D eigenvalue weighted by atomic mass is 35.5. The summed E-state index contributed by atoms with van der Waals surface area (Å²) >= 11 is 0. The second-order valence-corrected chi connectivity index (χ2v) is 3.82. The van der Waals surface area contributed by atoms with E-state index in [2.05, 4.69) is 15.3 Å². The van der Waals surface area contributed by atoms with Crippen LogP contribution in [0.4, 0.5) is 5.82 Å². The van der Waals surface area contributed by atoms with Crippen LogP contribution in [0.5, 0.6) is 0 Å². The summed E-state index contributed by atoms with van der Waals surface area (Å²) < 4.78 is 0. The van der Waals surface area contributed by atoms with Crippen LogP contribution in [0.1, 0.15) is 24.7 Å². The Hall–Kier alpha value is -0.870. The molecule has 0 saturated carbocycles. The number of hydrogen-bond acceptors (Lipinski definition) is 4. The summed E-state index contributed by atoms with van der Waals surface area (Å²) in [7, 11) is 3.99. The van der Waals surface area contributed by atoms with Gasteiger partial charge in [0.1, 0.15) is 11.6 Å². The molecular formula is C10H17ClN4. The fraction of sp³-hybridized carbons (Fsp3) is 0.600. The first-order valence-electron chi connectivity index (χ1n) is 5.01. The fourth-order valence-electron chi connectivity index (χ4n) is 1.69. The minimum absolute atomic E-state index is 0. The molecule has 0 spiro atoms. The molecule has 5 heteroatoms. The molecule has 1 fully saturated rings. The molecule has 1 aromatic rings. The van der Waals surface area contributed by atoms with E-state index in [-0.39, 0.29) is 12.4 Å². The van der Waals surface area contributed by atoms with Crippen molar-refractivity contribution < 1.29 is 0 Å². The molecule has 4 nitrogen and oxygen atoms in total. The van der Waals surface area contributed by atoms with Gasteiger partial charge in [-0.1, -0.05) is 0 Å². The monoisotopic (exact) mass is 228 g/mol. The van der Waals surface area contributed by atoms with E-state index in [0.29, 0.717) is 6.04 Å². The lowest BCUT2D eigenvalue weighted by molar-refractivity contribution is 0.604. The van der Waals surface area contributed by atoms with E-state index in [4.69, 9.17) is 0 Å². The first-order chi connectivity index (χ1) is 6.77. The minimum atomic E-state index is 0. The van der Waals surface area contributed by atoms with Gasteiger partial charge in [-0.15, -0.1) is 12.4 Å². The van der Waals surface area contributed by atoms with Crippen LogP contribution in [0, 0.1) is 0 Å². The van der Waals surface area contributed by atoms with E-state index in [1.807, 2.05) is 31.3 Å². The maximum atomic E-state index is 4.51. The summed E-state index contributed by atoms with van der Waals surface area (Å²) in [5.74, 6) is 1.90. The molecule has 0 aromatic carbocycles. The average Bonchev–Trinajstić information content (AvgIpc) is 2.71. The molecule has 2 heterocycles. The molecule has 0 bridgehead atoms. The number of aromatic nitrogens is 2. The van der Waals surface area contributed by atoms with Gasteiger partial charge < -0.3 is 10.2 Å². The first kappa shape index (κ1) is 12.2. The molecule has 15 heavy (non-hydrogen) atoms. The number of nitrogens with zero attached hydrogens (tertiary/aromatic N) is 3. The van der Waals surface area contributed by atoms with E-state index in [0.717, 1.165) is 24.6 Å². The predicted octanol–water partition coefficient (Wildman–Crippen LogP) is 1.39. The highest BCUT2D eigenvalue weighted by Crippen LogP contribution is 2.20. The zero-order valence-corrected chi connectivity index (χ0v) is 9.92. The van der Waals surface area contributed by atoms with Gasteiger partial charge in [-0.05, 0) is 25.5 Å². The number of nitrogens with one attached hydrogen (secondary N) is 1. The van der Waals surface area contributed by atoms with E-state index in [1.54, 1.807) is 0 Å². The minimum Gasteiger partial charge on any atom is -0.363 e. The summed E-state index contributed by atoms with van der Waals surface area (Å²) in [6.07, 6.45) is 4.20. The Balaban J connectivity index is 0.00000112. The third-order valence-electron chi connectivity index (χ3n) is 2.49. The van der Waals surface area contributed by atoms with E-state index in [1.165, 1.54) is 6.42 Å². The van der Waals surface area contributed by atoms with Crippen molar-refractivity contribution in [2.45, 2.75) is 18.9 Å². The van der Waals surface area contributed by atoms with Crippen LogP contribution in [0.2, 0.25) is 0 Å². The van der Waals surface area contributed by atoms with Gasteiger partial charge in [0.25, 0.3) is 0 Å². The molecule has 1 saturated heterocycles. The molecule has 2 rings (SSSR count). The molecule has 1 aliphatic rings. The zero-order valence-electron chi connectivity index (χ0n) is 9.10. The van der Waals surface area contributed by atoms with E-state index >= 15 is 0 Å². The second kappa shape index (κ2) is 5.28. The molecule has 0 amide bonds. The van der Waals surface area contributed by atoms with Gasteiger partial charge in [-0.25, -0.2) is 9.97 Å². The molecular weight excluding hydrogens is 212 g/mol. The Kier molecular flexibility index (Phi) is 4.29. The predicted molar refractivity (Wildman–Crippen MR) is 63.6 cm³/mol. The van der Waals surface area contributed by atoms with Crippen molar-refractivity contribution in [3.05, 3.63) is 18.1 Å². The van der Waals surface area contributed by atoms with Crippen LogP contribution >= 0.6 is 12.4 Å². The Bertz CT molecular complexity index is 310. The normalized spacial score (nSPS) is 19.7. The Morgan fingerprint density at radius 1 is 1.47 bits per heavy atom. The number of hydrogen-bond donors (Lipinski definition) is 1. The third-order valence-corrected chi connectivity index (χ3v) is 2.49. The molecule has 1 aliphatic heterocycles. The van der Waals surface area contributed by atoms with Crippen molar-refractivity contribution in [2.24, 2.45) is 0 Å². The molecule has 1 unspecified atom stereocenters. The number of anilines is 1. The van der Waals surface area contributed by atoms with Crippen LogP contribution in [0.3, 0.4) is 0 Å². The first-order valence-corrected chi connectivity index (χ1v) is 5.01. The largest absolute Gasteiger partial charge is 0.363 e. The summed E-state index contributed by atoms with van der Waals surface area (Å²) in [5, 5.41) is 3.40. The van der Waals surface area contributed by atoms with E-state index < -0.39 is 0 Å². The highest BCUT2D eigenvalue weighted by Gasteiger charge is 2.18. The molecule has 1 N–H and O–H groups in total. The van der Waals surface area contributed by atoms with Gasteiger partial charge >= 0.3 is 0 Å². The summed E-state index contributed by atoms with van der Waals surface area (Å²) in [6.45, 7) is 1.08. The molecule has 84 valence electrons. The van der Waals surface area contributed by atoms with Crippen LogP contribution < -0.4 is 10.2 Å². The molecule has 1 aromatic heterocycles. The standard InChI is InChI=1S/C10H16N4.ClH/c1-14(2)9-5-7-12-10(13-9)8-4-3-6-11-8;/h5,7-8,11H,3-4,6H2,1-2H3;1H. The van der Waals surface area contributed by atoms with Gasteiger partial charge in [0.15, 0.2) is 0 Å². The van der Waals surface area contributed by atoms with Gasteiger partial charge in [-0.2, -0.15) is 0 Å². The number of rotatable bonds is 2. The van der Waals surface area contributed by atoms with Crippen molar-refractivity contribution in [1.29, 1.82) is 0 Å². The molecule has 0 aliphatic carbocycles. The van der Waals surface area contributed by atoms with Crippen molar-refractivity contribution in [3.8, 4) is 0 Å². The van der Waals surface area contributed by atoms with Crippen molar-refractivity contribution >= 4 is 18.2 Å². The summed E-state index contributed by atoms with van der Waals surface area (Å²) in [4.78, 5) is 10.8. The molecule has 0 radical (unpaired) electrons. The van der Waals surface area contributed by atoms with Crippen LogP contribution in [-0.2, 0) is 0 Å². The fourth-order valence-corrected chi connectivity index (χ4v) is 1.69. The number of halogens is 1. The van der Waals surface area contributed by atoms with Crippen molar-refractivity contribution in [2.75, 3.05) is 25.5 Å². The van der Waals surface area contributed by atoms with Gasteiger partial charge in [0, 0.05) is 20.3 Å². The average molecular weight is 229 g/mol. The van der Waals surface area contributed by atoms with Gasteiger partial charge in [0.2, 0.25) is 0 Å². The highest BCUT2D eigenvalue weighted by molar-refractivity contribution is 5.85. The Morgan fingerprint density at radius 2 is 2.27 bits per heavy atom. The second-order valence-electron chi connectivity index (χ2n) is 3.82. The van der Waals surface area contributed by atoms with Crippen LogP contribution in [-0.4, -0.2) is 30.6 Å². The lowest BCUT2D eigenvalue weighted by atomic mass is 10.2. The topological polar surface area (TPSA) is 41.1 Å². The Labute approximate surface area is 96.5 Å². The van der Waals surface area contributed by atoms with Gasteiger partial charge in [0.05, 0.1) is 6.04 Å².